The minimum atomic E-state index is -0.446. The summed E-state index contributed by atoms with van der Waals surface area (Å²) >= 11 is 7.04. The molecule has 5 nitrogen and oxygen atoms in total. The zero-order valence-electron chi connectivity index (χ0n) is 13.7. The van der Waals surface area contributed by atoms with E-state index in [2.05, 4.69) is 5.32 Å². The molecule has 1 aliphatic carbocycles. The summed E-state index contributed by atoms with van der Waals surface area (Å²) in [7, 11) is 0. The zero-order chi connectivity index (χ0) is 17.8. The Hall–Kier alpha value is -1.66. The van der Waals surface area contributed by atoms with Crippen LogP contribution in [0.25, 0.3) is 6.08 Å². The maximum Gasteiger partial charge on any atom is 0.290 e. The quantitative estimate of drug-likeness (QED) is 0.722. The van der Waals surface area contributed by atoms with E-state index in [9.17, 15) is 14.7 Å². The predicted octanol–water partition coefficient (Wildman–Crippen LogP) is 4.72. The van der Waals surface area contributed by atoms with Gasteiger partial charge < -0.3 is 9.84 Å². The first-order valence-corrected chi connectivity index (χ1v) is 9.62. The molecule has 7 heteroatoms. The van der Waals surface area contributed by atoms with Gasteiger partial charge in [0, 0.05) is 0 Å². The van der Waals surface area contributed by atoms with Crippen LogP contribution in [-0.4, -0.2) is 22.9 Å². The maximum atomic E-state index is 11.6. The largest absolute Gasteiger partial charge is 0.504 e. The summed E-state index contributed by atoms with van der Waals surface area (Å²) in [5.74, 6) is 0.435. The van der Waals surface area contributed by atoms with Gasteiger partial charge in [0.05, 0.1) is 16.5 Å². The first-order chi connectivity index (χ1) is 12.0. The van der Waals surface area contributed by atoms with Crippen molar-refractivity contribution in [2.75, 3.05) is 6.61 Å². The lowest BCUT2D eigenvalue weighted by atomic mass is 9.87. The Morgan fingerprint density at radius 3 is 2.68 bits per heavy atom. The Kier molecular flexibility index (Phi) is 5.91. The molecule has 0 spiro atoms. The van der Waals surface area contributed by atoms with Gasteiger partial charge >= 0.3 is 0 Å². The number of carbonyl (C=O) groups is 2. The smallest absolute Gasteiger partial charge is 0.290 e. The molecular weight excluding hydrogens is 362 g/mol. The second kappa shape index (κ2) is 8.15. The number of phenolic OH excluding ortho intramolecular Hbond substituents is 1. The fourth-order valence-corrected chi connectivity index (χ4v) is 4.16. The predicted molar refractivity (Wildman–Crippen MR) is 98.9 cm³/mol. The number of benzene rings is 1. The molecule has 1 aromatic carbocycles. The number of ether oxygens (including phenoxy) is 1. The van der Waals surface area contributed by atoms with Crippen molar-refractivity contribution in [3.63, 3.8) is 0 Å². The lowest BCUT2D eigenvalue weighted by molar-refractivity contribution is -0.115. The van der Waals surface area contributed by atoms with E-state index in [1.807, 2.05) is 0 Å². The van der Waals surface area contributed by atoms with E-state index in [0.717, 1.165) is 18.2 Å². The Morgan fingerprint density at radius 2 is 2.04 bits per heavy atom. The fourth-order valence-electron chi connectivity index (χ4n) is 3.20. The molecule has 0 aromatic heterocycles. The average Bonchev–Trinajstić information content (AvgIpc) is 2.88. The second-order valence-corrected chi connectivity index (χ2v) is 7.77. The van der Waals surface area contributed by atoms with Gasteiger partial charge in [0.1, 0.15) is 0 Å². The third kappa shape index (κ3) is 4.70. The van der Waals surface area contributed by atoms with E-state index in [1.165, 1.54) is 44.2 Å². The fraction of sp³-hybridized carbons (Fsp3) is 0.444. The highest BCUT2D eigenvalue weighted by Crippen LogP contribution is 2.37. The van der Waals surface area contributed by atoms with Crippen molar-refractivity contribution in [3.8, 4) is 11.5 Å². The van der Waals surface area contributed by atoms with Crippen LogP contribution in [0.15, 0.2) is 17.0 Å². The Labute approximate surface area is 155 Å². The Bertz CT molecular complexity index is 690. The third-order valence-corrected chi connectivity index (χ3v) is 5.57. The zero-order valence-corrected chi connectivity index (χ0v) is 15.3. The van der Waals surface area contributed by atoms with Crippen molar-refractivity contribution >= 4 is 40.6 Å². The van der Waals surface area contributed by atoms with Gasteiger partial charge in [-0.1, -0.05) is 43.7 Å². The molecule has 0 radical (unpaired) electrons. The first kappa shape index (κ1) is 18.1. The number of thioether (sulfide) groups is 1. The van der Waals surface area contributed by atoms with Gasteiger partial charge in [0.15, 0.2) is 11.5 Å². The van der Waals surface area contributed by atoms with Crippen LogP contribution < -0.4 is 10.1 Å². The van der Waals surface area contributed by atoms with Gasteiger partial charge in [-0.15, -0.1) is 0 Å². The summed E-state index contributed by atoms with van der Waals surface area (Å²) in [6.07, 6.45) is 8.86. The van der Waals surface area contributed by atoms with E-state index < -0.39 is 11.1 Å². The molecule has 134 valence electrons. The van der Waals surface area contributed by atoms with Gasteiger partial charge in [0.25, 0.3) is 11.1 Å². The van der Waals surface area contributed by atoms with E-state index >= 15 is 0 Å². The molecule has 2 fully saturated rings. The van der Waals surface area contributed by atoms with Crippen LogP contribution in [-0.2, 0) is 4.79 Å². The molecular formula is C18H20ClNO4S. The molecule has 2 aliphatic rings. The van der Waals surface area contributed by atoms with Crippen LogP contribution in [0, 0.1) is 5.92 Å². The topological polar surface area (TPSA) is 75.6 Å². The Morgan fingerprint density at radius 1 is 1.28 bits per heavy atom. The van der Waals surface area contributed by atoms with Crippen molar-refractivity contribution in [2.24, 2.45) is 5.92 Å². The van der Waals surface area contributed by atoms with Crippen LogP contribution in [0.5, 0.6) is 11.5 Å². The maximum absolute atomic E-state index is 11.6. The molecule has 25 heavy (non-hydrogen) atoms. The third-order valence-electron chi connectivity index (χ3n) is 4.48. The number of aromatic hydroxyl groups is 1. The summed E-state index contributed by atoms with van der Waals surface area (Å²) in [6, 6.07) is 3.09. The van der Waals surface area contributed by atoms with Gasteiger partial charge in [-0.25, -0.2) is 0 Å². The van der Waals surface area contributed by atoms with Gasteiger partial charge in [0.2, 0.25) is 0 Å². The number of hydrogen-bond acceptors (Lipinski definition) is 5. The van der Waals surface area contributed by atoms with Crippen LogP contribution in [0.3, 0.4) is 0 Å². The number of imide groups is 1. The van der Waals surface area contributed by atoms with E-state index in [1.54, 1.807) is 6.07 Å². The lowest BCUT2D eigenvalue weighted by Gasteiger charge is -2.21. The molecule has 0 atom stereocenters. The number of nitrogens with one attached hydrogen (secondary N) is 1. The summed E-state index contributed by atoms with van der Waals surface area (Å²) in [5, 5.41) is 12.2. The summed E-state index contributed by atoms with van der Waals surface area (Å²) in [6.45, 7) is 0.519. The molecule has 3 rings (SSSR count). The van der Waals surface area contributed by atoms with E-state index in [-0.39, 0.29) is 21.4 Å². The van der Waals surface area contributed by atoms with Gasteiger partial charge in [-0.05, 0) is 47.9 Å². The number of amides is 2. The average molecular weight is 382 g/mol. The summed E-state index contributed by atoms with van der Waals surface area (Å²) < 4.78 is 5.69. The van der Waals surface area contributed by atoms with Crippen molar-refractivity contribution in [2.45, 2.75) is 38.5 Å². The second-order valence-electron chi connectivity index (χ2n) is 6.34. The van der Waals surface area contributed by atoms with Crippen LogP contribution in [0.1, 0.15) is 44.1 Å². The molecule has 2 amide bonds. The number of carbonyl (C=O) groups excluding carboxylic acids is 2. The van der Waals surface area contributed by atoms with Crippen molar-refractivity contribution in [1.82, 2.24) is 5.32 Å². The van der Waals surface area contributed by atoms with Crippen molar-refractivity contribution in [3.05, 3.63) is 27.6 Å². The molecule has 1 saturated heterocycles. The molecule has 1 aliphatic heterocycles. The van der Waals surface area contributed by atoms with Crippen molar-refractivity contribution < 1.29 is 19.4 Å². The Balaban J connectivity index is 1.64. The molecule has 1 aromatic rings. The van der Waals surface area contributed by atoms with E-state index in [0.29, 0.717) is 18.1 Å². The van der Waals surface area contributed by atoms with Crippen LogP contribution >= 0.6 is 23.4 Å². The van der Waals surface area contributed by atoms with Gasteiger partial charge in [-0.2, -0.15) is 0 Å². The minimum Gasteiger partial charge on any atom is -0.504 e. The standard InChI is InChI=1S/C18H20ClNO4S/c19-13-8-12(10-15-17(22)20-18(23)25-15)9-14(21)16(13)24-7-6-11-4-2-1-3-5-11/h8-11,21H,1-7H2,(H,20,22,23)/b15-10-. The summed E-state index contributed by atoms with van der Waals surface area (Å²) in [4.78, 5) is 23.0. The molecule has 0 unspecified atom stereocenters. The van der Waals surface area contributed by atoms with Gasteiger partial charge in [-0.3, -0.25) is 14.9 Å². The van der Waals surface area contributed by atoms with Crippen LogP contribution in [0.4, 0.5) is 4.79 Å². The molecule has 1 heterocycles. The number of hydrogen-bond donors (Lipinski definition) is 2. The van der Waals surface area contributed by atoms with E-state index in [4.69, 9.17) is 16.3 Å². The highest BCUT2D eigenvalue weighted by Gasteiger charge is 2.25. The highest BCUT2D eigenvalue weighted by molar-refractivity contribution is 8.18. The first-order valence-electron chi connectivity index (χ1n) is 8.43. The summed E-state index contributed by atoms with van der Waals surface area (Å²) in [5.41, 5.74) is 0.537. The highest BCUT2D eigenvalue weighted by atomic mass is 35.5. The van der Waals surface area contributed by atoms with Crippen LogP contribution in [0.2, 0.25) is 5.02 Å². The normalized spacial score (nSPS) is 20.1. The SMILES string of the molecule is O=C1NC(=O)/C(=C/c2cc(O)c(OCCC3CCCCC3)c(Cl)c2)S1. The monoisotopic (exact) mass is 381 g/mol. The van der Waals surface area contributed by atoms with Crippen molar-refractivity contribution in [1.29, 1.82) is 0 Å². The molecule has 0 bridgehead atoms. The lowest BCUT2D eigenvalue weighted by Crippen LogP contribution is -2.17. The number of phenols is 1. The minimum absolute atomic E-state index is 0.0716. The number of rotatable bonds is 5. The molecule has 2 N–H and O–H groups in total. The number of halogens is 1. The molecule has 1 saturated carbocycles.